The molecule has 0 saturated carbocycles. The molecule has 0 aliphatic carbocycles. The Kier molecular flexibility index (Phi) is 3.43. The zero-order chi connectivity index (χ0) is 4.50. The van der Waals surface area contributed by atoms with Crippen molar-refractivity contribution < 1.29 is 20.8 Å². The fourth-order valence-corrected chi connectivity index (χ4v) is 0. The molecule has 40 valence electrons. The van der Waals surface area contributed by atoms with Gasteiger partial charge in [0.05, 0.1) is 0 Å². The predicted molar refractivity (Wildman–Crippen MR) is 14.1 cm³/mol. The van der Waals surface area contributed by atoms with Gasteiger partial charge >= 0.3 is 29.4 Å². The summed E-state index contributed by atoms with van der Waals surface area (Å²) in [4.78, 5) is 0. The van der Waals surface area contributed by atoms with Crippen LogP contribution < -0.4 is 0 Å². The molecule has 0 aliphatic rings. The maximum atomic E-state index is 8.82. The van der Waals surface area contributed by atoms with Gasteiger partial charge in [-0.3, -0.25) is 4.70 Å². The van der Waals surface area contributed by atoms with Crippen molar-refractivity contribution in [1.82, 2.24) is 0 Å². The van der Waals surface area contributed by atoms with Crippen molar-refractivity contribution >= 4 is 13.4 Å². The molecule has 6 heteroatoms. The van der Waals surface area contributed by atoms with E-state index in [1.165, 1.54) is 0 Å². The van der Waals surface area contributed by atoms with Crippen molar-refractivity contribution in [3.05, 3.63) is 0 Å². The van der Waals surface area contributed by atoms with Crippen LogP contribution in [0.3, 0.4) is 0 Å². The van der Waals surface area contributed by atoms with Crippen molar-refractivity contribution in [3.63, 3.8) is 0 Å². The van der Waals surface area contributed by atoms with E-state index in [1.807, 2.05) is 0 Å². The normalized spacial score (nSPS) is 9.67. The molecular weight excluding hydrogens is 162 g/mol. The molecule has 0 rings (SSSR count). The molecule has 0 bridgehead atoms. The van der Waals surface area contributed by atoms with Gasteiger partial charge in [-0.05, 0) is 0 Å². The summed E-state index contributed by atoms with van der Waals surface area (Å²) in [5.74, 6) is 0. The van der Waals surface area contributed by atoms with Crippen LogP contribution in [0.15, 0.2) is 0 Å². The summed E-state index contributed by atoms with van der Waals surface area (Å²) in [5, 5.41) is 0. The minimum atomic E-state index is -5.25. The van der Waals surface area contributed by atoms with Gasteiger partial charge in [-0.2, -0.15) is 0 Å². The van der Waals surface area contributed by atoms with Crippen LogP contribution >= 0.6 is 0 Å². The molecule has 0 aliphatic heterocycles. The number of rotatable bonds is 0. The average Bonchev–Trinajstić information content (AvgIpc) is 0.722. The molecule has 0 amide bonds. The van der Waals surface area contributed by atoms with Gasteiger partial charge < -0.3 is 0 Å². The zero-order valence-electron chi connectivity index (χ0n) is 2.53. The molecular formula is H3FO4Se. The Morgan fingerprint density at radius 2 is 1.17 bits per heavy atom. The summed E-state index contributed by atoms with van der Waals surface area (Å²) < 4.78 is 31.9. The molecule has 6 heavy (non-hydrogen) atoms. The fraction of sp³-hybridized carbons (Fsp3) is 0. The summed E-state index contributed by atoms with van der Waals surface area (Å²) in [5.41, 5.74) is 0. The summed E-state index contributed by atoms with van der Waals surface area (Å²) in [6.45, 7) is 0. The molecule has 0 spiro atoms. The van der Waals surface area contributed by atoms with Crippen LogP contribution in [0.25, 0.3) is 0 Å². The summed E-state index contributed by atoms with van der Waals surface area (Å²) >= 11 is -5.25. The SMILES string of the molecule is F.O=[Se](=O)(O)O. The first kappa shape index (κ1) is 9.36. The van der Waals surface area contributed by atoms with Crippen molar-refractivity contribution in [1.29, 1.82) is 0 Å². The van der Waals surface area contributed by atoms with Crippen molar-refractivity contribution in [2.24, 2.45) is 0 Å². The van der Waals surface area contributed by atoms with Crippen LogP contribution in [0.2, 0.25) is 0 Å². The van der Waals surface area contributed by atoms with E-state index < -0.39 is 13.4 Å². The first-order valence-electron chi connectivity index (χ1n) is 0.698. The molecule has 0 unspecified atom stereocenters. The fourth-order valence-electron chi connectivity index (χ4n) is 0. The third kappa shape index (κ3) is 37600. The van der Waals surface area contributed by atoms with Crippen molar-refractivity contribution in [3.8, 4) is 0 Å². The summed E-state index contributed by atoms with van der Waals surface area (Å²) in [6, 6.07) is 0. The standard InChI is InChI=1S/FH.H2O4Se/c;1-5(2,3)4/h1H;(H2,1,2,3,4). The Hall–Kier alpha value is -0.0305. The van der Waals surface area contributed by atoms with Crippen LogP contribution in [-0.4, -0.2) is 21.7 Å². The molecule has 0 radical (unpaired) electrons. The number of hydrogen-bond acceptors (Lipinski definition) is 2. The van der Waals surface area contributed by atoms with Gasteiger partial charge in [0.2, 0.25) is 0 Å². The molecule has 0 saturated heterocycles. The average molecular weight is 165 g/mol. The van der Waals surface area contributed by atoms with Crippen molar-refractivity contribution in [2.75, 3.05) is 0 Å². The van der Waals surface area contributed by atoms with Crippen LogP contribution in [0.1, 0.15) is 0 Å². The molecule has 0 aromatic heterocycles. The van der Waals surface area contributed by atoms with Crippen molar-refractivity contribution in [2.45, 2.75) is 0 Å². The Morgan fingerprint density at radius 1 is 1.17 bits per heavy atom. The van der Waals surface area contributed by atoms with Crippen LogP contribution in [0, 0.1) is 0 Å². The van der Waals surface area contributed by atoms with E-state index >= 15 is 0 Å². The molecule has 0 atom stereocenters. The first-order valence-corrected chi connectivity index (χ1v) is 3.63. The Morgan fingerprint density at radius 3 is 1.17 bits per heavy atom. The quantitative estimate of drug-likeness (QED) is 0.425. The topological polar surface area (TPSA) is 74.6 Å². The Bertz CT molecular complexity index is 90.7. The van der Waals surface area contributed by atoms with Crippen LogP contribution in [0.4, 0.5) is 4.70 Å². The van der Waals surface area contributed by atoms with Gasteiger partial charge in [0.15, 0.2) is 0 Å². The monoisotopic (exact) mass is 166 g/mol. The number of halogens is 1. The second kappa shape index (κ2) is 2.20. The molecule has 0 heterocycles. The maximum absolute atomic E-state index is 8.82. The van der Waals surface area contributed by atoms with E-state index in [0.29, 0.717) is 0 Å². The second-order valence-corrected chi connectivity index (χ2v) is 2.33. The third-order valence-corrected chi connectivity index (χ3v) is 0. The van der Waals surface area contributed by atoms with Crippen LogP contribution in [-0.2, 0) is 7.67 Å². The first-order chi connectivity index (χ1) is 2.00. The molecule has 2 N–H and O–H groups in total. The predicted octanol–water partition coefficient (Wildman–Crippen LogP) is -1.58. The number of hydrogen-bond donors (Lipinski definition) is 2. The van der Waals surface area contributed by atoms with E-state index in [-0.39, 0.29) is 4.70 Å². The summed E-state index contributed by atoms with van der Waals surface area (Å²) in [7, 11) is 0. The van der Waals surface area contributed by atoms with Gasteiger partial charge in [-0.25, -0.2) is 0 Å². The Balaban J connectivity index is 0. The van der Waals surface area contributed by atoms with Gasteiger partial charge in [0, 0.05) is 0 Å². The molecule has 0 aromatic carbocycles. The van der Waals surface area contributed by atoms with Gasteiger partial charge in [-0.15, -0.1) is 0 Å². The van der Waals surface area contributed by atoms with Gasteiger partial charge in [0.1, 0.15) is 0 Å². The van der Waals surface area contributed by atoms with E-state index in [0.717, 1.165) is 0 Å². The van der Waals surface area contributed by atoms with Gasteiger partial charge in [-0.1, -0.05) is 0 Å². The van der Waals surface area contributed by atoms with Crippen LogP contribution in [0.5, 0.6) is 0 Å². The van der Waals surface area contributed by atoms with Gasteiger partial charge in [0.25, 0.3) is 0 Å². The molecule has 0 aromatic rings. The third-order valence-electron chi connectivity index (χ3n) is 0. The van der Waals surface area contributed by atoms with E-state index in [4.69, 9.17) is 16.0 Å². The zero-order valence-corrected chi connectivity index (χ0v) is 4.24. The van der Waals surface area contributed by atoms with E-state index in [2.05, 4.69) is 0 Å². The minimum absolute atomic E-state index is 0. The van der Waals surface area contributed by atoms with E-state index in [9.17, 15) is 0 Å². The second-order valence-electron chi connectivity index (χ2n) is 0.448. The van der Waals surface area contributed by atoms with E-state index in [1.54, 1.807) is 0 Å². The molecule has 0 fully saturated rings. The Labute approximate surface area is 35.1 Å². The molecule has 4 nitrogen and oxygen atoms in total. The summed E-state index contributed by atoms with van der Waals surface area (Å²) in [6.07, 6.45) is 0.